The van der Waals surface area contributed by atoms with Crippen molar-refractivity contribution < 1.29 is 33.8 Å². The van der Waals surface area contributed by atoms with Crippen molar-refractivity contribution in [3.05, 3.63) is 65.7 Å². The molecule has 2 aromatic carbocycles. The molecule has 2 aromatic rings. The second kappa shape index (κ2) is 8.33. The molecule has 3 fully saturated rings. The van der Waals surface area contributed by atoms with Crippen LogP contribution < -0.4 is 4.90 Å². The van der Waals surface area contributed by atoms with Crippen molar-refractivity contribution in [1.29, 1.82) is 0 Å². The number of anilines is 1. The number of rotatable bonds is 7. The molecule has 2 heterocycles. The van der Waals surface area contributed by atoms with Crippen LogP contribution in [-0.4, -0.2) is 57.4 Å². The van der Waals surface area contributed by atoms with Gasteiger partial charge in [-0.2, -0.15) is 0 Å². The second-order valence-electron chi connectivity index (χ2n) is 10.3. The molecule has 8 nitrogen and oxygen atoms in total. The Bertz CT molecular complexity index is 1130. The summed E-state index contributed by atoms with van der Waals surface area (Å²) in [4.78, 5) is 26.7. The molecule has 2 N–H and O–H groups in total. The van der Waals surface area contributed by atoms with Crippen LogP contribution in [0, 0.1) is 5.92 Å². The quantitative estimate of drug-likeness (QED) is 0.356. The summed E-state index contributed by atoms with van der Waals surface area (Å²) in [5, 5.41) is 20.6. The van der Waals surface area contributed by atoms with Gasteiger partial charge in [-0.1, -0.05) is 55.0 Å². The third-order valence-electron chi connectivity index (χ3n) is 8.51. The number of ether oxygens (including phenoxy) is 2. The van der Waals surface area contributed by atoms with E-state index in [1.807, 2.05) is 59.5 Å². The number of carbonyl (C=O) groups is 2. The predicted molar refractivity (Wildman–Crippen MR) is 126 cm³/mol. The molecule has 2 aliphatic carbocycles. The molecule has 0 radical (unpaired) electrons. The van der Waals surface area contributed by atoms with Gasteiger partial charge in [-0.15, -0.1) is 0 Å². The first kappa shape index (κ1) is 22.5. The standard InChI is InChI=1S/C27H30N2O6/c1-16(25(30)31)35-27(33)29(22-14-23(22)29)24-18-10-5-6-12-20(18)28(21-13-7-11-19(21)24)26(32)34-15-17-8-3-2-4-9-17/h2-6,8-10,12,16,19,21-24,27,33H,7,11,13-15H2,1H3/p+1/t16-,19?,21?,22?,23?,24?,27?,29?/m0/s1. The van der Waals surface area contributed by atoms with Crippen molar-refractivity contribution in [1.82, 2.24) is 0 Å². The van der Waals surface area contributed by atoms with Crippen molar-refractivity contribution in [2.24, 2.45) is 5.92 Å². The highest BCUT2D eigenvalue weighted by Crippen LogP contribution is 2.70. The predicted octanol–water partition coefficient (Wildman–Crippen LogP) is 3.79. The number of aliphatic carboxylic acids is 1. The Morgan fingerprint density at radius 1 is 1.09 bits per heavy atom. The zero-order valence-electron chi connectivity index (χ0n) is 19.7. The maximum Gasteiger partial charge on any atom is 0.414 e. The molecule has 1 saturated heterocycles. The lowest BCUT2D eigenvalue weighted by atomic mass is 9.81. The number of hydrogen-bond acceptors (Lipinski definition) is 5. The minimum atomic E-state index is -1.21. The number of carbonyl (C=O) groups excluding carboxylic acids is 1. The Balaban J connectivity index is 1.33. The fraction of sp³-hybridized carbons (Fsp3) is 0.481. The molecule has 6 rings (SSSR count). The molecular weight excluding hydrogens is 448 g/mol. The van der Waals surface area contributed by atoms with Crippen LogP contribution in [0.2, 0.25) is 0 Å². The van der Waals surface area contributed by atoms with E-state index >= 15 is 0 Å². The van der Waals surface area contributed by atoms with Crippen LogP contribution in [0.1, 0.15) is 49.8 Å². The summed E-state index contributed by atoms with van der Waals surface area (Å²) in [5.41, 5.74) is 2.76. The molecule has 2 saturated carbocycles. The minimum absolute atomic E-state index is 0.0303. The van der Waals surface area contributed by atoms with Gasteiger partial charge >= 0.3 is 18.5 Å². The van der Waals surface area contributed by atoms with E-state index in [1.54, 1.807) is 0 Å². The number of quaternary nitrogens is 1. The van der Waals surface area contributed by atoms with Gasteiger partial charge in [-0.05, 0) is 31.4 Å². The van der Waals surface area contributed by atoms with Crippen LogP contribution in [0.15, 0.2) is 54.6 Å². The van der Waals surface area contributed by atoms with E-state index in [0.717, 1.165) is 42.5 Å². The topological polar surface area (TPSA) is 96.3 Å². The summed E-state index contributed by atoms with van der Waals surface area (Å²) in [7, 11) is 0. The molecule has 0 aromatic heterocycles. The van der Waals surface area contributed by atoms with E-state index < -0.39 is 18.5 Å². The Morgan fingerprint density at radius 2 is 1.80 bits per heavy atom. The monoisotopic (exact) mass is 479 g/mol. The van der Waals surface area contributed by atoms with Crippen LogP contribution in [0.4, 0.5) is 10.5 Å². The summed E-state index contributed by atoms with van der Waals surface area (Å²) in [6.07, 6.45) is 1.15. The Kier molecular flexibility index (Phi) is 5.36. The Morgan fingerprint density at radius 3 is 2.49 bits per heavy atom. The van der Waals surface area contributed by atoms with E-state index in [1.165, 1.54) is 6.92 Å². The minimum Gasteiger partial charge on any atom is -0.479 e. The summed E-state index contributed by atoms with van der Waals surface area (Å²) >= 11 is 0. The van der Waals surface area contributed by atoms with Crippen LogP contribution in [-0.2, 0) is 20.9 Å². The van der Waals surface area contributed by atoms with Gasteiger partial charge in [0.25, 0.3) is 0 Å². The number of amides is 1. The summed E-state index contributed by atoms with van der Waals surface area (Å²) in [5.74, 6) is -0.951. The SMILES string of the molecule is C[C@H](OC(O)[N+]1(C2c3ccccc3N(C(=O)OCc3ccccc3)C3CCCC32)C2CC21)C(=O)O. The van der Waals surface area contributed by atoms with Crippen LogP contribution in [0.3, 0.4) is 0 Å². The van der Waals surface area contributed by atoms with Gasteiger partial charge in [0.15, 0.2) is 18.2 Å². The number of likely N-dealkylation sites (tertiary alicyclic amines) is 1. The van der Waals surface area contributed by atoms with Gasteiger partial charge in [0.05, 0.1) is 12.1 Å². The van der Waals surface area contributed by atoms with Gasteiger partial charge in [0, 0.05) is 17.5 Å². The Hall–Kier alpha value is -2.94. The lowest BCUT2D eigenvalue weighted by molar-refractivity contribution is -0.958. The van der Waals surface area contributed by atoms with Crippen molar-refractivity contribution in [2.45, 2.75) is 75.9 Å². The van der Waals surface area contributed by atoms with E-state index in [4.69, 9.17) is 9.47 Å². The number of nitrogens with zero attached hydrogens (tertiary/aromatic N) is 2. The van der Waals surface area contributed by atoms with Crippen LogP contribution in [0.5, 0.6) is 0 Å². The number of para-hydroxylation sites is 1. The average molecular weight is 480 g/mol. The maximum atomic E-state index is 13.4. The lowest BCUT2D eigenvalue weighted by Crippen LogP contribution is -2.58. The molecule has 2 aliphatic heterocycles. The number of carboxylic acids is 1. The highest BCUT2D eigenvalue weighted by molar-refractivity contribution is 5.90. The number of aliphatic hydroxyl groups excluding tert-OH is 1. The molecule has 0 spiro atoms. The third-order valence-corrected chi connectivity index (χ3v) is 8.51. The molecule has 4 aliphatic rings. The molecule has 184 valence electrons. The van der Waals surface area contributed by atoms with Gasteiger partial charge in [-0.3, -0.25) is 14.1 Å². The maximum absolute atomic E-state index is 13.4. The van der Waals surface area contributed by atoms with Crippen LogP contribution in [0.25, 0.3) is 0 Å². The largest absolute Gasteiger partial charge is 0.479 e. The van der Waals surface area contributed by atoms with E-state index in [0.29, 0.717) is 4.48 Å². The smallest absolute Gasteiger partial charge is 0.414 e. The zero-order chi connectivity index (χ0) is 24.3. The second-order valence-corrected chi connectivity index (χ2v) is 10.3. The van der Waals surface area contributed by atoms with Crippen molar-refractivity contribution in [2.75, 3.05) is 4.90 Å². The summed E-state index contributed by atoms with van der Waals surface area (Å²) < 4.78 is 11.8. The number of aliphatic hydroxyl groups is 1. The number of fused-ring (bicyclic) bond motifs is 3. The van der Waals surface area contributed by atoms with Crippen molar-refractivity contribution in [3.63, 3.8) is 0 Å². The molecule has 35 heavy (non-hydrogen) atoms. The van der Waals surface area contributed by atoms with E-state index in [-0.39, 0.29) is 42.8 Å². The lowest BCUT2D eigenvalue weighted by Gasteiger charge is -2.48. The van der Waals surface area contributed by atoms with Gasteiger partial charge in [-0.25, -0.2) is 9.59 Å². The molecule has 7 atom stereocenters. The van der Waals surface area contributed by atoms with Crippen molar-refractivity contribution >= 4 is 17.7 Å². The van der Waals surface area contributed by atoms with Gasteiger partial charge in [0.2, 0.25) is 0 Å². The summed E-state index contributed by atoms with van der Waals surface area (Å²) in [6, 6.07) is 18.0. The zero-order valence-corrected chi connectivity index (χ0v) is 19.7. The first-order valence-corrected chi connectivity index (χ1v) is 12.5. The van der Waals surface area contributed by atoms with Crippen LogP contribution >= 0.6 is 0 Å². The third kappa shape index (κ3) is 3.46. The molecular formula is C27H31N2O6+. The highest BCUT2D eigenvalue weighted by Gasteiger charge is 2.87. The van der Waals surface area contributed by atoms with Gasteiger partial charge < -0.3 is 14.9 Å². The number of benzene rings is 2. The first-order valence-electron chi connectivity index (χ1n) is 12.5. The average Bonchev–Trinajstić information content (AvgIpc) is 3.73. The fourth-order valence-corrected chi connectivity index (χ4v) is 6.76. The molecule has 8 heteroatoms. The Labute approximate surface area is 204 Å². The fourth-order valence-electron chi connectivity index (χ4n) is 6.76. The highest BCUT2D eigenvalue weighted by atomic mass is 16.6. The molecule has 1 amide bonds. The van der Waals surface area contributed by atoms with E-state index in [2.05, 4.69) is 0 Å². The number of hydrogen-bond donors (Lipinski definition) is 2. The molecule has 0 bridgehead atoms. The first-order chi connectivity index (χ1) is 16.9. The normalized spacial score (nSPS) is 33.7. The van der Waals surface area contributed by atoms with Gasteiger partial charge in [0.1, 0.15) is 12.6 Å². The molecule has 6 unspecified atom stereocenters. The summed E-state index contributed by atoms with van der Waals surface area (Å²) in [6.45, 7) is 1.66. The van der Waals surface area contributed by atoms with Crippen molar-refractivity contribution in [3.8, 4) is 0 Å². The number of carboxylic acid groups (broad SMARTS) is 1. The van der Waals surface area contributed by atoms with E-state index in [9.17, 15) is 19.8 Å².